The van der Waals surface area contributed by atoms with Gasteiger partial charge in [0.15, 0.2) is 5.60 Å². The lowest BCUT2D eigenvalue weighted by Gasteiger charge is -2.36. The molecule has 2 aliphatic heterocycles. The second-order valence-corrected chi connectivity index (χ2v) is 11.1. The third-order valence-electron chi connectivity index (χ3n) is 8.50. The second-order valence-electron chi connectivity index (χ2n) is 11.1. The number of alkyl halides is 2. The molecule has 3 aliphatic rings. The van der Waals surface area contributed by atoms with Crippen molar-refractivity contribution >= 4 is 18.3 Å². The van der Waals surface area contributed by atoms with E-state index in [9.17, 15) is 23.5 Å². The van der Waals surface area contributed by atoms with Crippen LogP contribution in [0.15, 0.2) is 65.7 Å². The van der Waals surface area contributed by atoms with Gasteiger partial charge in [-0.1, -0.05) is 60.7 Å². The molecule has 2 aromatic rings. The molecule has 4 atom stereocenters. The van der Waals surface area contributed by atoms with Gasteiger partial charge in [-0.2, -0.15) is 4.99 Å². The van der Waals surface area contributed by atoms with Crippen molar-refractivity contribution in [1.82, 2.24) is 9.80 Å². The Morgan fingerprint density at radius 1 is 1.00 bits per heavy atom. The quantitative estimate of drug-likeness (QED) is 0.420. The number of hydrogen-bond donors (Lipinski definition) is 1. The first-order valence-corrected chi connectivity index (χ1v) is 13.7. The van der Waals surface area contributed by atoms with Crippen molar-refractivity contribution in [3.63, 3.8) is 0 Å². The molecule has 39 heavy (non-hydrogen) atoms. The molecule has 9 heteroatoms. The van der Waals surface area contributed by atoms with Gasteiger partial charge in [0.1, 0.15) is 6.61 Å². The van der Waals surface area contributed by atoms with Crippen molar-refractivity contribution in [2.75, 3.05) is 26.2 Å². The van der Waals surface area contributed by atoms with Gasteiger partial charge in [0.05, 0.1) is 6.34 Å². The molecule has 2 saturated heterocycles. The van der Waals surface area contributed by atoms with Crippen LogP contribution in [0.25, 0.3) is 0 Å². The van der Waals surface area contributed by atoms with Gasteiger partial charge in [0.2, 0.25) is 5.92 Å². The van der Waals surface area contributed by atoms with Gasteiger partial charge in [-0.3, -0.25) is 4.79 Å². The predicted octanol–water partition coefficient (Wildman–Crippen LogP) is 4.85. The molecular formula is C30H35F2N3O4. The zero-order valence-electron chi connectivity index (χ0n) is 21.9. The molecule has 0 radical (unpaired) electrons. The number of aliphatic hydroxyl groups is 1. The van der Waals surface area contributed by atoms with Crippen LogP contribution in [0.4, 0.5) is 13.6 Å². The number of carbonyl (C=O) groups excluding carboxylic acids is 2. The van der Waals surface area contributed by atoms with Gasteiger partial charge in [-0.05, 0) is 42.2 Å². The van der Waals surface area contributed by atoms with Crippen molar-refractivity contribution in [1.29, 1.82) is 0 Å². The van der Waals surface area contributed by atoms with E-state index in [1.165, 1.54) is 6.34 Å². The van der Waals surface area contributed by atoms with Crippen LogP contribution in [0, 0.1) is 17.8 Å². The summed E-state index contributed by atoms with van der Waals surface area (Å²) in [5.74, 6) is -3.72. The smallest absolute Gasteiger partial charge is 0.435 e. The predicted molar refractivity (Wildman–Crippen MR) is 142 cm³/mol. The molecule has 7 nitrogen and oxygen atoms in total. The van der Waals surface area contributed by atoms with Crippen molar-refractivity contribution in [2.24, 2.45) is 22.7 Å². The van der Waals surface area contributed by atoms with Crippen molar-refractivity contribution < 1.29 is 28.2 Å². The molecule has 208 valence electrons. The Balaban J connectivity index is 1.19. The van der Waals surface area contributed by atoms with E-state index in [1.54, 1.807) is 35.2 Å². The summed E-state index contributed by atoms with van der Waals surface area (Å²) < 4.78 is 33.5. The number of halogens is 2. The highest BCUT2D eigenvalue weighted by atomic mass is 19.3. The highest BCUT2D eigenvalue weighted by molar-refractivity contribution is 5.87. The Labute approximate surface area is 227 Å². The zero-order valence-corrected chi connectivity index (χ0v) is 21.9. The molecule has 2 aromatic carbocycles. The fourth-order valence-corrected chi connectivity index (χ4v) is 6.31. The second kappa shape index (κ2) is 11.4. The van der Waals surface area contributed by atoms with E-state index in [0.717, 1.165) is 18.4 Å². The van der Waals surface area contributed by atoms with Crippen molar-refractivity contribution in [2.45, 2.75) is 50.2 Å². The van der Waals surface area contributed by atoms with Crippen LogP contribution in [-0.2, 0) is 21.7 Å². The third-order valence-corrected chi connectivity index (χ3v) is 8.50. The lowest BCUT2D eigenvalue weighted by molar-refractivity contribution is -0.159. The molecule has 0 spiro atoms. The summed E-state index contributed by atoms with van der Waals surface area (Å²) in [5, 5.41) is 11.8. The van der Waals surface area contributed by atoms with Crippen LogP contribution in [0.5, 0.6) is 0 Å². The number of rotatable bonds is 6. The number of amides is 2. The van der Waals surface area contributed by atoms with E-state index < -0.39 is 35.9 Å². The number of hydrogen-bond acceptors (Lipinski definition) is 4. The lowest BCUT2D eigenvalue weighted by atomic mass is 9.79. The van der Waals surface area contributed by atoms with Gasteiger partial charge >= 0.3 is 6.09 Å². The zero-order chi connectivity index (χ0) is 27.5. The largest absolute Gasteiger partial charge is 0.443 e. The monoisotopic (exact) mass is 539 g/mol. The maximum Gasteiger partial charge on any atom is 0.435 e. The Morgan fingerprint density at radius 2 is 1.62 bits per heavy atom. The molecule has 3 fully saturated rings. The molecular weight excluding hydrogens is 504 g/mol. The first-order valence-electron chi connectivity index (χ1n) is 13.7. The molecule has 2 amide bonds. The number of fused-ring (bicyclic) bond motifs is 1. The molecule has 0 bridgehead atoms. The molecule has 1 N–H and O–H groups in total. The lowest BCUT2D eigenvalue weighted by Crippen LogP contribution is -2.50. The highest BCUT2D eigenvalue weighted by Crippen LogP contribution is 2.48. The number of nitrogens with zero attached hydrogens (tertiary/aromatic N) is 3. The van der Waals surface area contributed by atoms with Gasteiger partial charge in [-0.15, -0.1) is 0 Å². The summed E-state index contributed by atoms with van der Waals surface area (Å²) in [7, 11) is 0. The van der Waals surface area contributed by atoms with Gasteiger partial charge in [0.25, 0.3) is 5.91 Å². The van der Waals surface area contributed by atoms with Gasteiger partial charge < -0.3 is 19.6 Å². The molecule has 1 aliphatic carbocycles. The molecule has 5 rings (SSSR count). The number of carbonyl (C=O) groups is 2. The molecule has 1 saturated carbocycles. The minimum absolute atomic E-state index is 0.104. The standard InChI is InChI=1S/C30H35F2N3O4/c31-29(32)14-11-26(17-29)30(38,25-9-5-2-6-10-25)27(36)35-18-23-12-15-34(16-13-24(23)19-35)21-33-28(37)39-20-22-7-3-1-4-8-22/h1-10,21,23-24,26,38H,11-20H2/t23-,24+,26-,30+/m1/s1. The fraction of sp³-hybridized carbons (Fsp3) is 0.500. The van der Waals surface area contributed by atoms with Gasteiger partial charge in [0, 0.05) is 44.9 Å². The summed E-state index contributed by atoms with van der Waals surface area (Å²) in [4.78, 5) is 33.5. The average molecular weight is 540 g/mol. The van der Waals surface area contributed by atoms with Crippen LogP contribution >= 0.6 is 0 Å². The topological polar surface area (TPSA) is 82.4 Å². The first kappa shape index (κ1) is 27.2. The normalized spacial score (nSPS) is 26.2. The van der Waals surface area contributed by atoms with Crippen LogP contribution in [0.1, 0.15) is 43.2 Å². The van der Waals surface area contributed by atoms with Crippen molar-refractivity contribution in [3.05, 3.63) is 71.8 Å². The van der Waals surface area contributed by atoms with E-state index in [-0.39, 0.29) is 31.3 Å². The van der Waals surface area contributed by atoms with E-state index >= 15 is 0 Å². The van der Waals surface area contributed by atoms with Crippen molar-refractivity contribution in [3.8, 4) is 0 Å². The summed E-state index contributed by atoms with van der Waals surface area (Å²) in [6.45, 7) is 2.48. The Kier molecular flexibility index (Phi) is 7.98. The summed E-state index contributed by atoms with van der Waals surface area (Å²) in [6, 6.07) is 18.0. The SMILES string of the molecule is O=C(N=CN1CC[C@@H]2CN(C(=O)[C@](O)(c3ccccc3)[C@@H]3CCC(F)(F)C3)C[C@@H]2CC1)OCc1ccccc1. The Hall–Kier alpha value is -3.33. The van der Waals surface area contributed by atoms with E-state index in [1.807, 2.05) is 35.2 Å². The van der Waals surface area contributed by atoms with Crippen LogP contribution in [0.2, 0.25) is 0 Å². The van der Waals surface area contributed by atoms with Gasteiger partial charge in [-0.25, -0.2) is 13.6 Å². The number of likely N-dealkylation sites (tertiary alicyclic amines) is 2. The van der Waals surface area contributed by atoms with E-state index in [2.05, 4.69) is 4.99 Å². The molecule has 2 heterocycles. The van der Waals surface area contributed by atoms with Crippen LogP contribution in [-0.4, -0.2) is 65.3 Å². The summed E-state index contributed by atoms with van der Waals surface area (Å²) in [5.41, 5.74) is -0.696. The molecule has 0 aromatic heterocycles. The maximum atomic E-state index is 14.2. The average Bonchev–Trinajstić information content (AvgIpc) is 3.48. The van der Waals surface area contributed by atoms with Crippen LogP contribution < -0.4 is 0 Å². The van der Waals surface area contributed by atoms with E-state index in [0.29, 0.717) is 31.7 Å². The summed E-state index contributed by atoms with van der Waals surface area (Å²) >= 11 is 0. The van der Waals surface area contributed by atoms with E-state index in [4.69, 9.17) is 4.74 Å². The highest BCUT2D eigenvalue weighted by Gasteiger charge is 2.55. The number of benzene rings is 2. The Morgan fingerprint density at radius 3 is 2.21 bits per heavy atom. The minimum atomic E-state index is -2.87. The molecule has 0 unspecified atom stereocenters. The first-order chi connectivity index (χ1) is 18.7. The number of aliphatic imine (C=N–C) groups is 1. The third kappa shape index (κ3) is 6.13. The minimum Gasteiger partial charge on any atom is -0.443 e. The van der Waals surface area contributed by atoms with Crippen LogP contribution in [0.3, 0.4) is 0 Å². The fourth-order valence-electron chi connectivity index (χ4n) is 6.31. The Bertz CT molecular complexity index is 1160. The maximum absolute atomic E-state index is 14.2. The summed E-state index contributed by atoms with van der Waals surface area (Å²) in [6.07, 6.45) is 1.78. The number of ether oxygens (including phenoxy) is 1.